The molecule has 0 amide bonds. The fraction of sp³-hybridized carbons (Fsp3) is 0.0588. The van der Waals surface area contributed by atoms with E-state index in [9.17, 15) is 0 Å². The van der Waals surface area contributed by atoms with Gasteiger partial charge >= 0.3 is 0 Å². The van der Waals surface area contributed by atoms with Crippen LogP contribution in [0.4, 0.5) is 0 Å². The van der Waals surface area contributed by atoms with E-state index in [1.54, 1.807) is 0 Å². The predicted molar refractivity (Wildman–Crippen MR) is 229 cm³/mol. The maximum Gasteiger partial charge on any atom is 0.235 e. The molecule has 12 rings (SSSR count). The molecule has 0 bridgehead atoms. The molecule has 0 saturated carbocycles. The van der Waals surface area contributed by atoms with E-state index < -0.39 is 0 Å². The van der Waals surface area contributed by atoms with E-state index in [0.717, 1.165) is 33.2 Å². The highest BCUT2D eigenvalue weighted by molar-refractivity contribution is 8.00. The minimum atomic E-state index is -0.114. The van der Waals surface area contributed by atoms with Crippen LogP contribution in [-0.2, 0) is 5.41 Å². The highest BCUT2D eigenvalue weighted by atomic mass is 32.2. The van der Waals surface area contributed by atoms with Gasteiger partial charge in [0.05, 0.1) is 22.2 Å². The summed E-state index contributed by atoms with van der Waals surface area (Å²) in [5.41, 5.74) is 15.3. The van der Waals surface area contributed by atoms with Gasteiger partial charge in [-0.3, -0.25) is 4.57 Å². The number of rotatable bonds is 3. The average Bonchev–Trinajstić information content (AvgIpc) is 3.69. The molecule has 10 aromatic rings. The van der Waals surface area contributed by atoms with Gasteiger partial charge in [0.25, 0.3) is 0 Å². The summed E-state index contributed by atoms with van der Waals surface area (Å²) in [4.78, 5) is 13.5. The SMILES string of the molecule is CC1(C)c2ccccc2-c2ccc(-c3nc(-n4c5ccc(-c6ccccc6)cc5c5c6c(ccc54)-c4cccc5cccc(c45)S6)nc4ccccc34)cc21. The van der Waals surface area contributed by atoms with Crippen molar-refractivity contribution in [3.63, 3.8) is 0 Å². The van der Waals surface area contributed by atoms with Crippen molar-refractivity contribution in [2.24, 2.45) is 0 Å². The first-order chi connectivity index (χ1) is 27.0. The molecule has 258 valence electrons. The van der Waals surface area contributed by atoms with Crippen LogP contribution in [0.5, 0.6) is 0 Å². The molecular formula is C51H33N3S. The monoisotopic (exact) mass is 719 g/mol. The van der Waals surface area contributed by atoms with Crippen LogP contribution in [0.2, 0.25) is 0 Å². The smallest absolute Gasteiger partial charge is 0.235 e. The predicted octanol–water partition coefficient (Wildman–Crippen LogP) is 13.7. The number of benzene rings is 8. The highest BCUT2D eigenvalue weighted by Gasteiger charge is 2.35. The summed E-state index contributed by atoms with van der Waals surface area (Å²) in [6, 6.07) is 59.7. The second-order valence-electron chi connectivity index (χ2n) is 15.4. The summed E-state index contributed by atoms with van der Waals surface area (Å²) >= 11 is 1.88. The molecule has 0 fully saturated rings. The Morgan fingerprint density at radius 2 is 1.22 bits per heavy atom. The molecule has 0 spiro atoms. The van der Waals surface area contributed by atoms with Gasteiger partial charge in [-0.15, -0.1) is 0 Å². The van der Waals surface area contributed by atoms with Crippen molar-refractivity contribution in [2.75, 3.05) is 0 Å². The molecule has 0 radical (unpaired) electrons. The topological polar surface area (TPSA) is 30.7 Å². The third-order valence-electron chi connectivity index (χ3n) is 12.0. The maximum atomic E-state index is 5.54. The number of hydrogen-bond acceptors (Lipinski definition) is 3. The lowest BCUT2D eigenvalue weighted by molar-refractivity contribution is 0.660. The Morgan fingerprint density at radius 1 is 0.491 bits per heavy atom. The van der Waals surface area contributed by atoms with Gasteiger partial charge in [-0.25, -0.2) is 9.97 Å². The van der Waals surface area contributed by atoms with Crippen LogP contribution < -0.4 is 0 Å². The lowest BCUT2D eigenvalue weighted by atomic mass is 9.82. The maximum absolute atomic E-state index is 5.54. The molecule has 2 aliphatic rings. The van der Waals surface area contributed by atoms with Crippen LogP contribution in [0, 0.1) is 0 Å². The zero-order chi connectivity index (χ0) is 36.4. The number of fused-ring (bicyclic) bond motifs is 10. The van der Waals surface area contributed by atoms with E-state index in [4.69, 9.17) is 9.97 Å². The molecule has 2 aromatic heterocycles. The Kier molecular flexibility index (Phi) is 6.33. The molecule has 1 aliphatic carbocycles. The third kappa shape index (κ3) is 4.34. The zero-order valence-electron chi connectivity index (χ0n) is 30.3. The van der Waals surface area contributed by atoms with Gasteiger partial charge in [-0.2, -0.15) is 0 Å². The molecule has 0 unspecified atom stereocenters. The Labute approximate surface area is 323 Å². The van der Waals surface area contributed by atoms with Crippen molar-refractivity contribution >= 4 is 55.2 Å². The minimum Gasteiger partial charge on any atom is -0.278 e. The largest absolute Gasteiger partial charge is 0.278 e. The van der Waals surface area contributed by atoms with Crippen LogP contribution in [0.15, 0.2) is 174 Å². The van der Waals surface area contributed by atoms with E-state index in [2.05, 4.69) is 182 Å². The summed E-state index contributed by atoms with van der Waals surface area (Å²) in [7, 11) is 0. The van der Waals surface area contributed by atoms with Crippen LogP contribution in [0.3, 0.4) is 0 Å². The van der Waals surface area contributed by atoms with Crippen molar-refractivity contribution in [1.29, 1.82) is 0 Å². The van der Waals surface area contributed by atoms with Gasteiger partial charge in [0.2, 0.25) is 5.95 Å². The molecule has 0 N–H and O–H groups in total. The second-order valence-corrected chi connectivity index (χ2v) is 16.4. The van der Waals surface area contributed by atoms with Gasteiger partial charge in [0.15, 0.2) is 0 Å². The van der Waals surface area contributed by atoms with E-state index in [1.807, 2.05) is 11.8 Å². The van der Waals surface area contributed by atoms with Gasteiger partial charge < -0.3 is 0 Å². The second kappa shape index (κ2) is 11.3. The Morgan fingerprint density at radius 3 is 2.13 bits per heavy atom. The van der Waals surface area contributed by atoms with Crippen molar-refractivity contribution in [2.45, 2.75) is 29.1 Å². The van der Waals surface area contributed by atoms with Crippen LogP contribution in [0.1, 0.15) is 25.0 Å². The van der Waals surface area contributed by atoms with Gasteiger partial charge in [-0.05, 0) is 86.3 Å². The molecule has 4 heteroatoms. The van der Waals surface area contributed by atoms with E-state index >= 15 is 0 Å². The van der Waals surface area contributed by atoms with Crippen molar-refractivity contribution in [3.8, 4) is 50.6 Å². The summed E-state index contributed by atoms with van der Waals surface area (Å²) in [5.74, 6) is 0.674. The Balaban J connectivity index is 1.14. The standard InChI is InChI=1S/C51H33N3S/c1-51(2)40-19-8-6-16-34(40)35-24-22-33(29-41(35)51)48-38-17-7-9-20-42(38)52-50(53-48)54-43-26-23-32(30-12-4-3-5-13-30)28-39(43)47-44(54)27-25-37-36-18-10-14-31-15-11-21-45(46(31)36)55-49(37)47/h3-29H,1-2H3. The van der Waals surface area contributed by atoms with Gasteiger partial charge in [0, 0.05) is 42.3 Å². The van der Waals surface area contributed by atoms with Gasteiger partial charge in [0.1, 0.15) is 0 Å². The van der Waals surface area contributed by atoms with Crippen molar-refractivity contribution in [1.82, 2.24) is 14.5 Å². The molecule has 3 nitrogen and oxygen atoms in total. The first kappa shape index (κ1) is 30.9. The fourth-order valence-corrected chi connectivity index (χ4v) is 10.7. The molecule has 0 atom stereocenters. The first-order valence-corrected chi connectivity index (χ1v) is 19.7. The van der Waals surface area contributed by atoms with E-state index in [0.29, 0.717) is 5.95 Å². The number of hydrogen-bond donors (Lipinski definition) is 0. The molecule has 0 saturated heterocycles. The van der Waals surface area contributed by atoms with E-state index in [-0.39, 0.29) is 5.41 Å². The van der Waals surface area contributed by atoms with Crippen molar-refractivity contribution < 1.29 is 0 Å². The molecular weight excluding hydrogens is 687 g/mol. The highest BCUT2D eigenvalue weighted by Crippen LogP contribution is 2.53. The number of aromatic nitrogens is 3. The average molecular weight is 720 g/mol. The summed E-state index contributed by atoms with van der Waals surface area (Å²) in [6.45, 7) is 4.68. The normalized spacial score (nSPS) is 13.7. The molecule has 1 aliphatic heterocycles. The quantitative estimate of drug-likeness (QED) is 0.182. The minimum absolute atomic E-state index is 0.114. The summed E-state index contributed by atoms with van der Waals surface area (Å²) in [6.07, 6.45) is 0. The molecule has 3 heterocycles. The van der Waals surface area contributed by atoms with Crippen LogP contribution >= 0.6 is 11.8 Å². The van der Waals surface area contributed by atoms with E-state index in [1.165, 1.54) is 75.8 Å². The van der Waals surface area contributed by atoms with Crippen LogP contribution in [0.25, 0.3) is 94.1 Å². The molecule has 55 heavy (non-hydrogen) atoms. The number of para-hydroxylation sites is 1. The lowest BCUT2D eigenvalue weighted by Gasteiger charge is -2.22. The first-order valence-electron chi connectivity index (χ1n) is 18.9. The third-order valence-corrected chi connectivity index (χ3v) is 13.2. The summed E-state index contributed by atoms with van der Waals surface area (Å²) < 4.78 is 2.30. The van der Waals surface area contributed by atoms with Gasteiger partial charge in [-0.1, -0.05) is 153 Å². The van der Waals surface area contributed by atoms with Crippen molar-refractivity contribution in [3.05, 3.63) is 175 Å². The fourth-order valence-electron chi connectivity index (χ4n) is 9.39. The summed E-state index contributed by atoms with van der Waals surface area (Å²) in [5, 5.41) is 6.08. The van der Waals surface area contributed by atoms with Crippen LogP contribution in [-0.4, -0.2) is 14.5 Å². The number of nitrogens with zero attached hydrogens (tertiary/aromatic N) is 3. The Hall–Kier alpha value is -6.49. The zero-order valence-corrected chi connectivity index (χ0v) is 31.2. The molecule has 8 aromatic carbocycles. The Bertz CT molecular complexity index is 3260. The lowest BCUT2D eigenvalue weighted by Crippen LogP contribution is -2.15.